The van der Waals surface area contributed by atoms with E-state index in [1.807, 2.05) is 33.8 Å². The Balaban J connectivity index is 2.03. The lowest BCUT2D eigenvalue weighted by molar-refractivity contribution is -0.138. The summed E-state index contributed by atoms with van der Waals surface area (Å²) < 4.78 is 18.3. The molecule has 1 aromatic carbocycles. The number of hydrogen-bond acceptors (Lipinski definition) is 7. The quantitative estimate of drug-likeness (QED) is 0.192. The van der Waals surface area contributed by atoms with Crippen molar-refractivity contribution in [1.29, 1.82) is 0 Å². The maximum atomic E-state index is 13.2. The molecule has 40 heavy (non-hydrogen) atoms. The van der Waals surface area contributed by atoms with Crippen LogP contribution in [0.2, 0.25) is 0 Å². The highest BCUT2D eigenvalue weighted by Crippen LogP contribution is 2.45. The van der Waals surface area contributed by atoms with Gasteiger partial charge in [0.2, 0.25) is 25.1 Å². The molecule has 1 saturated heterocycles. The fourth-order valence-corrected chi connectivity index (χ4v) is 6.33. The van der Waals surface area contributed by atoms with E-state index in [1.54, 1.807) is 24.3 Å². The number of ether oxygens (including phenoxy) is 1. The number of likely N-dealkylation sites (tertiary alicyclic amines) is 1. The Morgan fingerprint density at radius 2 is 1.68 bits per heavy atom. The van der Waals surface area contributed by atoms with Gasteiger partial charge >= 0.3 is 6.09 Å². The molecule has 1 aliphatic heterocycles. The highest BCUT2D eigenvalue weighted by molar-refractivity contribution is 7.58. The van der Waals surface area contributed by atoms with Gasteiger partial charge in [-0.1, -0.05) is 58.0 Å². The van der Waals surface area contributed by atoms with E-state index >= 15 is 0 Å². The molecule has 5 amide bonds. The third-order valence-electron chi connectivity index (χ3n) is 6.33. The normalized spacial score (nSPS) is 18.3. The molecule has 4 N–H and O–H groups in total. The number of likely N-dealkylation sites (N-methyl/N-ethyl adjacent to an activating group) is 1. The first-order valence-corrected chi connectivity index (χ1v) is 15.4. The van der Waals surface area contributed by atoms with E-state index in [9.17, 15) is 33.4 Å². The van der Waals surface area contributed by atoms with Gasteiger partial charge in [0.05, 0.1) is 6.42 Å². The molecular formula is C27H41N4O8P. The zero-order valence-corrected chi connectivity index (χ0v) is 24.6. The summed E-state index contributed by atoms with van der Waals surface area (Å²) in [5.41, 5.74) is 0.736. The fraction of sp³-hybridized carbons (Fsp3) is 0.593. The molecule has 0 saturated carbocycles. The molecule has 0 bridgehead atoms. The third-order valence-corrected chi connectivity index (χ3v) is 8.07. The lowest BCUT2D eigenvalue weighted by Crippen LogP contribution is -2.49. The van der Waals surface area contributed by atoms with Crippen molar-refractivity contribution in [2.24, 2.45) is 17.8 Å². The third kappa shape index (κ3) is 10.4. The summed E-state index contributed by atoms with van der Waals surface area (Å²) in [6.07, 6.45) is -1.89. The van der Waals surface area contributed by atoms with E-state index in [0.29, 0.717) is 11.3 Å². The van der Waals surface area contributed by atoms with Crippen LogP contribution in [0, 0.1) is 17.8 Å². The van der Waals surface area contributed by atoms with E-state index in [2.05, 4.69) is 16.0 Å². The van der Waals surface area contributed by atoms with Crippen LogP contribution in [0.1, 0.15) is 52.5 Å². The summed E-state index contributed by atoms with van der Waals surface area (Å²) in [7, 11) is -2.76. The van der Waals surface area contributed by atoms with E-state index in [-0.39, 0.29) is 37.2 Å². The molecule has 1 heterocycles. The van der Waals surface area contributed by atoms with Gasteiger partial charge in [-0.15, -0.1) is 0 Å². The van der Waals surface area contributed by atoms with Crippen LogP contribution < -0.4 is 16.0 Å². The standard InChI is InChI=1S/C27H41N4O8P/c1-17(2)11-20(24(33)29-21(12-18(3)4)25(34)28-5)15-40(37,38)16-31-23(32)13-22(26(31)35)30-27(36)39-14-19-9-7-6-8-10-19/h6-10,17-18,20-22H,11-16H2,1-5H3,(H,28,34)(H,29,33)(H,30,36)(H,37,38)/t20-,21+,22-/m1/s1. The van der Waals surface area contributed by atoms with Crippen LogP contribution >= 0.6 is 7.37 Å². The Labute approximate surface area is 235 Å². The Bertz CT molecular complexity index is 1110. The van der Waals surface area contributed by atoms with Crippen molar-refractivity contribution in [3.8, 4) is 0 Å². The van der Waals surface area contributed by atoms with Crippen molar-refractivity contribution in [1.82, 2.24) is 20.9 Å². The minimum absolute atomic E-state index is 0.00942. The Kier molecular flexibility index (Phi) is 12.3. The van der Waals surface area contributed by atoms with Crippen LogP contribution in [0.15, 0.2) is 30.3 Å². The van der Waals surface area contributed by atoms with Crippen molar-refractivity contribution in [3.05, 3.63) is 35.9 Å². The monoisotopic (exact) mass is 580 g/mol. The van der Waals surface area contributed by atoms with Gasteiger partial charge in [0.1, 0.15) is 25.0 Å². The molecule has 1 aromatic rings. The van der Waals surface area contributed by atoms with Crippen LogP contribution in [0.3, 0.4) is 0 Å². The number of imide groups is 1. The van der Waals surface area contributed by atoms with Crippen molar-refractivity contribution in [2.75, 3.05) is 19.5 Å². The van der Waals surface area contributed by atoms with Crippen molar-refractivity contribution in [3.63, 3.8) is 0 Å². The van der Waals surface area contributed by atoms with Gasteiger partial charge in [-0.2, -0.15) is 0 Å². The first-order chi connectivity index (χ1) is 18.7. The molecule has 2 rings (SSSR count). The summed E-state index contributed by atoms with van der Waals surface area (Å²) in [5.74, 6) is -3.27. The number of nitrogens with one attached hydrogen (secondary N) is 3. The second-order valence-corrected chi connectivity index (χ2v) is 13.3. The van der Waals surface area contributed by atoms with Crippen LogP contribution in [-0.2, 0) is 35.1 Å². The minimum atomic E-state index is -4.22. The average Bonchev–Trinajstić information content (AvgIpc) is 3.12. The Morgan fingerprint density at radius 1 is 1.05 bits per heavy atom. The number of alkyl carbamates (subject to hydrolysis) is 1. The molecule has 0 spiro atoms. The number of amides is 5. The number of carbonyl (C=O) groups excluding carboxylic acids is 5. The molecule has 222 valence electrons. The molecular weight excluding hydrogens is 539 g/mol. The number of rotatable bonds is 14. The van der Waals surface area contributed by atoms with E-state index < -0.39 is 61.6 Å². The smallest absolute Gasteiger partial charge is 0.408 e. The highest BCUT2D eigenvalue weighted by Gasteiger charge is 2.43. The molecule has 1 aliphatic rings. The minimum Gasteiger partial charge on any atom is -0.445 e. The predicted octanol–water partition coefficient (Wildman–Crippen LogP) is 2.21. The number of hydrogen-bond donors (Lipinski definition) is 4. The average molecular weight is 581 g/mol. The maximum absolute atomic E-state index is 13.2. The molecule has 0 aromatic heterocycles. The zero-order chi connectivity index (χ0) is 30.0. The fourth-order valence-electron chi connectivity index (χ4n) is 4.47. The SMILES string of the molecule is CNC(=O)[C@H](CC(C)C)NC(=O)[C@H](CC(C)C)CP(=O)(O)CN1C(=O)C[C@@H](NC(=O)OCc2ccccc2)C1=O. The first kappa shape index (κ1) is 33.0. The van der Waals surface area contributed by atoms with Gasteiger partial charge < -0.3 is 25.6 Å². The van der Waals surface area contributed by atoms with Crippen molar-refractivity contribution < 1.29 is 38.2 Å². The maximum Gasteiger partial charge on any atom is 0.408 e. The van der Waals surface area contributed by atoms with Crippen LogP contribution in [0.25, 0.3) is 0 Å². The van der Waals surface area contributed by atoms with Crippen LogP contribution in [0.5, 0.6) is 0 Å². The molecule has 1 fully saturated rings. The van der Waals surface area contributed by atoms with Crippen molar-refractivity contribution >= 4 is 37.1 Å². The lowest BCUT2D eigenvalue weighted by Gasteiger charge is -2.26. The molecule has 12 nitrogen and oxygen atoms in total. The topological polar surface area (TPSA) is 171 Å². The van der Waals surface area contributed by atoms with E-state index in [0.717, 1.165) is 5.56 Å². The largest absolute Gasteiger partial charge is 0.445 e. The molecule has 0 aliphatic carbocycles. The zero-order valence-electron chi connectivity index (χ0n) is 23.7. The van der Waals surface area contributed by atoms with Crippen LogP contribution in [0.4, 0.5) is 4.79 Å². The second-order valence-electron chi connectivity index (χ2n) is 10.9. The highest BCUT2D eigenvalue weighted by atomic mass is 31.2. The summed E-state index contributed by atoms with van der Waals surface area (Å²) in [4.78, 5) is 74.4. The molecule has 0 radical (unpaired) electrons. The van der Waals surface area contributed by atoms with Gasteiger partial charge in [-0.3, -0.25) is 28.6 Å². The predicted molar refractivity (Wildman–Crippen MR) is 148 cm³/mol. The first-order valence-electron chi connectivity index (χ1n) is 13.4. The van der Waals surface area contributed by atoms with Crippen LogP contribution in [-0.4, -0.2) is 71.1 Å². The second kappa shape index (κ2) is 14.9. The number of carbonyl (C=O) groups is 5. The lowest BCUT2D eigenvalue weighted by atomic mass is 9.96. The summed E-state index contributed by atoms with van der Waals surface area (Å²) in [6, 6.07) is 6.86. The van der Waals surface area contributed by atoms with Crippen molar-refractivity contribution in [2.45, 2.75) is 65.6 Å². The summed E-state index contributed by atoms with van der Waals surface area (Å²) >= 11 is 0. The Morgan fingerprint density at radius 3 is 2.25 bits per heavy atom. The van der Waals surface area contributed by atoms with Gasteiger partial charge in [-0.25, -0.2) is 4.79 Å². The summed E-state index contributed by atoms with van der Waals surface area (Å²) in [6.45, 7) is 7.49. The van der Waals surface area contributed by atoms with E-state index in [4.69, 9.17) is 4.74 Å². The summed E-state index contributed by atoms with van der Waals surface area (Å²) in [5, 5.41) is 7.55. The number of benzene rings is 1. The molecule has 13 heteroatoms. The van der Waals surface area contributed by atoms with Gasteiger partial charge in [-0.05, 0) is 30.2 Å². The van der Waals surface area contributed by atoms with Gasteiger partial charge in [0, 0.05) is 19.1 Å². The molecule has 1 unspecified atom stereocenters. The van der Waals surface area contributed by atoms with Gasteiger partial charge in [0.25, 0.3) is 5.91 Å². The molecule has 4 atom stereocenters. The van der Waals surface area contributed by atoms with Gasteiger partial charge in [0.15, 0.2) is 0 Å². The Hall–Kier alpha value is -3.24. The van der Waals surface area contributed by atoms with E-state index in [1.165, 1.54) is 7.05 Å². The number of nitrogens with zero attached hydrogens (tertiary/aromatic N) is 1.